The summed E-state index contributed by atoms with van der Waals surface area (Å²) in [5.74, 6) is -0.138. The lowest BCUT2D eigenvalue weighted by Gasteiger charge is -2.32. The Kier molecular flexibility index (Phi) is 5.92. The number of hydrogen-bond donors (Lipinski definition) is 1. The summed E-state index contributed by atoms with van der Waals surface area (Å²) in [6, 6.07) is 15.6. The van der Waals surface area contributed by atoms with Crippen molar-refractivity contribution in [2.24, 2.45) is 0 Å². The lowest BCUT2D eigenvalue weighted by Crippen LogP contribution is -2.35. The number of nitrogens with zero attached hydrogens (tertiary/aromatic N) is 3. The molecule has 29 heavy (non-hydrogen) atoms. The quantitative estimate of drug-likeness (QED) is 0.657. The van der Waals surface area contributed by atoms with Gasteiger partial charge < -0.3 is 5.32 Å². The van der Waals surface area contributed by atoms with Crippen LogP contribution >= 0.6 is 11.6 Å². The highest BCUT2D eigenvalue weighted by molar-refractivity contribution is 6.30. The van der Waals surface area contributed by atoms with Crippen molar-refractivity contribution >= 4 is 23.3 Å². The van der Waals surface area contributed by atoms with Gasteiger partial charge in [-0.3, -0.25) is 9.69 Å². The molecule has 3 aromatic rings. The van der Waals surface area contributed by atoms with E-state index in [4.69, 9.17) is 11.6 Å². The number of likely N-dealkylation sites (tertiary alicyclic amines) is 1. The average Bonchev–Trinajstić information content (AvgIpc) is 3.18. The summed E-state index contributed by atoms with van der Waals surface area (Å²) in [6.07, 6.45) is 3.57. The van der Waals surface area contributed by atoms with Gasteiger partial charge in [0.05, 0.1) is 12.2 Å². The van der Waals surface area contributed by atoms with Crippen LogP contribution in [0.5, 0.6) is 0 Å². The van der Waals surface area contributed by atoms with Crippen LogP contribution in [0.3, 0.4) is 0 Å². The molecule has 1 aliphatic heterocycles. The zero-order valence-corrected chi connectivity index (χ0v) is 16.6. The molecule has 0 atom stereocenters. The minimum Gasteiger partial charge on any atom is -0.307 e. The highest BCUT2D eigenvalue weighted by Gasteiger charge is 2.23. The number of amides is 1. The molecule has 2 aromatic carbocycles. The van der Waals surface area contributed by atoms with Crippen molar-refractivity contribution in [3.8, 4) is 0 Å². The van der Waals surface area contributed by atoms with Crippen molar-refractivity contribution in [3.63, 3.8) is 0 Å². The molecule has 1 aromatic heterocycles. The molecule has 7 heteroatoms. The van der Waals surface area contributed by atoms with Crippen molar-refractivity contribution in [2.75, 3.05) is 18.4 Å². The molecule has 1 aliphatic rings. The maximum atomic E-state index is 13.4. The molecule has 1 N–H and O–H groups in total. The first-order chi connectivity index (χ1) is 14.1. The smallest absolute Gasteiger partial charge is 0.256 e. The van der Waals surface area contributed by atoms with Crippen LogP contribution in [0.25, 0.3) is 0 Å². The van der Waals surface area contributed by atoms with Gasteiger partial charge in [-0.25, -0.2) is 9.07 Å². The summed E-state index contributed by atoms with van der Waals surface area (Å²) in [6.45, 7) is 2.79. The van der Waals surface area contributed by atoms with E-state index in [1.54, 1.807) is 18.3 Å². The summed E-state index contributed by atoms with van der Waals surface area (Å²) in [4.78, 5) is 14.9. The van der Waals surface area contributed by atoms with E-state index in [1.807, 2.05) is 16.8 Å². The molecule has 0 aliphatic carbocycles. The third-order valence-electron chi connectivity index (χ3n) is 5.22. The van der Waals surface area contributed by atoms with Crippen LogP contribution in [0.2, 0.25) is 5.02 Å². The van der Waals surface area contributed by atoms with Gasteiger partial charge >= 0.3 is 0 Å². The molecule has 1 saturated heterocycles. The fraction of sp³-hybridized carbons (Fsp3) is 0.273. The van der Waals surface area contributed by atoms with Crippen LogP contribution in [-0.2, 0) is 6.54 Å². The molecule has 150 valence electrons. The second-order valence-corrected chi connectivity index (χ2v) is 7.70. The molecular weight excluding hydrogens is 391 g/mol. The van der Waals surface area contributed by atoms with Gasteiger partial charge in [-0.1, -0.05) is 29.8 Å². The molecule has 0 saturated carbocycles. The number of anilines is 1. The summed E-state index contributed by atoms with van der Waals surface area (Å²) in [7, 11) is 0. The van der Waals surface area contributed by atoms with Gasteiger partial charge in [-0.2, -0.15) is 5.10 Å². The summed E-state index contributed by atoms with van der Waals surface area (Å²) in [5, 5.41) is 8.02. The van der Waals surface area contributed by atoms with Crippen LogP contribution in [0.15, 0.2) is 60.8 Å². The minimum atomic E-state index is -0.431. The Morgan fingerprint density at radius 3 is 2.62 bits per heavy atom. The Balaban J connectivity index is 1.36. The molecule has 5 nitrogen and oxygen atoms in total. The van der Waals surface area contributed by atoms with Gasteiger partial charge in [0.25, 0.3) is 5.91 Å². The Bertz CT molecular complexity index is 980. The molecule has 0 radical (unpaired) electrons. The van der Waals surface area contributed by atoms with Gasteiger partial charge in [-0.05, 0) is 48.7 Å². The Morgan fingerprint density at radius 2 is 1.90 bits per heavy atom. The van der Waals surface area contributed by atoms with E-state index in [0.29, 0.717) is 5.82 Å². The predicted molar refractivity (Wildman–Crippen MR) is 112 cm³/mol. The SMILES string of the molecule is O=C(Nc1ccnn1C1CCN(Cc2ccc(Cl)cc2)CC1)c1cccc(F)c1. The second kappa shape index (κ2) is 8.76. The number of hydrogen-bond acceptors (Lipinski definition) is 3. The fourth-order valence-corrected chi connectivity index (χ4v) is 3.82. The van der Waals surface area contributed by atoms with E-state index in [1.165, 1.54) is 23.8 Å². The molecule has 0 unspecified atom stereocenters. The topological polar surface area (TPSA) is 50.2 Å². The normalized spacial score (nSPS) is 15.4. The van der Waals surface area contributed by atoms with Crippen molar-refractivity contribution in [1.82, 2.24) is 14.7 Å². The number of carbonyl (C=O) groups is 1. The number of rotatable bonds is 5. The van der Waals surface area contributed by atoms with Gasteiger partial charge in [0.1, 0.15) is 11.6 Å². The average molecular weight is 413 g/mol. The first-order valence-corrected chi connectivity index (χ1v) is 10.0. The number of piperidine rings is 1. The molecular formula is C22H22ClFN4O. The summed E-state index contributed by atoms with van der Waals surface area (Å²) < 4.78 is 15.3. The van der Waals surface area contributed by atoms with E-state index < -0.39 is 5.82 Å². The highest BCUT2D eigenvalue weighted by Crippen LogP contribution is 2.26. The van der Waals surface area contributed by atoms with Crippen molar-refractivity contribution in [2.45, 2.75) is 25.4 Å². The first-order valence-electron chi connectivity index (χ1n) is 9.66. The standard InChI is InChI=1S/C22H22ClFN4O/c23-18-6-4-16(5-7-18)15-27-12-9-20(10-13-27)28-21(8-11-25-28)26-22(29)17-2-1-3-19(24)14-17/h1-8,11,14,20H,9-10,12-13,15H2,(H,26,29). The van der Waals surface area contributed by atoms with Gasteiger partial charge in [0, 0.05) is 36.3 Å². The van der Waals surface area contributed by atoms with E-state index in [0.717, 1.165) is 37.5 Å². The zero-order valence-electron chi connectivity index (χ0n) is 15.9. The number of halogens is 2. The van der Waals surface area contributed by atoms with Crippen LogP contribution in [0, 0.1) is 5.82 Å². The molecule has 0 spiro atoms. The number of nitrogens with one attached hydrogen (secondary N) is 1. The van der Waals surface area contributed by atoms with Crippen molar-refractivity contribution in [1.29, 1.82) is 0 Å². The fourth-order valence-electron chi connectivity index (χ4n) is 3.69. The highest BCUT2D eigenvalue weighted by atomic mass is 35.5. The maximum Gasteiger partial charge on any atom is 0.256 e. The Morgan fingerprint density at radius 1 is 1.14 bits per heavy atom. The Labute approximate surface area is 174 Å². The van der Waals surface area contributed by atoms with Gasteiger partial charge in [-0.15, -0.1) is 0 Å². The second-order valence-electron chi connectivity index (χ2n) is 7.26. The third kappa shape index (κ3) is 4.83. The van der Waals surface area contributed by atoms with E-state index >= 15 is 0 Å². The van der Waals surface area contributed by atoms with E-state index in [9.17, 15) is 9.18 Å². The largest absolute Gasteiger partial charge is 0.307 e. The van der Waals surface area contributed by atoms with E-state index in [-0.39, 0.29) is 17.5 Å². The first kappa shape index (κ1) is 19.6. The minimum absolute atomic E-state index is 0.217. The lowest BCUT2D eigenvalue weighted by molar-refractivity contribution is 0.102. The van der Waals surface area contributed by atoms with Crippen LogP contribution in [-0.4, -0.2) is 33.7 Å². The number of aromatic nitrogens is 2. The molecule has 1 amide bonds. The summed E-state index contributed by atoms with van der Waals surface area (Å²) >= 11 is 5.96. The maximum absolute atomic E-state index is 13.4. The van der Waals surface area contributed by atoms with Gasteiger partial charge in [0.2, 0.25) is 0 Å². The molecule has 1 fully saturated rings. The molecule has 4 rings (SSSR count). The molecule has 0 bridgehead atoms. The van der Waals surface area contributed by atoms with Crippen LogP contribution in [0.1, 0.15) is 34.8 Å². The zero-order chi connectivity index (χ0) is 20.2. The summed E-state index contributed by atoms with van der Waals surface area (Å²) in [5.41, 5.74) is 1.53. The monoisotopic (exact) mass is 412 g/mol. The van der Waals surface area contributed by atoms with Crippen LogP contribution < -0.4 is 5.32 Å². The number of benzene rings is 2. The lowest BCUT2D eigenvalue weighted by atomic mass is 10.0. The van der Waals surface area contributed by atoms with Gasteiger partial charge in [0.15, 0.2) is 0 Å². The molecule has 2 heterocycles. The number of carbonyl (C=O) groups excluding carboxylic acids is 1. The third-order valence-corrected chi connectivity index (χ3v) is 5.47. The van der Waals surface area contributed by atoms with Crippen molar-refractivity contribution in [3.05, 3.63) is 82.8 Å². The van der Waals surface area contributed by atoms with Crippen molar-refractivity contribution < 1.29 is 9.18 Å². The van der Waals surface area contributed by atoms with Crippen LogP contribution in [0.4, 0.5) is 10.2 Å². The predicted octanol–water partition coefficient (Wildman–Crippen LogP) is 4.77. The Hall–Kier alpha value is -2.70. The van der Waals surface area contributed by atoms with E-state index in [2.05, 4.69) is 27.4 Å².